The van der Waals surface area contributed by atoms with Gasteiger partial charge in [0.15, 0.2) is 6.29 Å². The van der Waals surface area contributed by atoms with Gasteiger partial charge in [0, 0.05) is 37.0 Å². The molecular weight excluding hydrogens is 487 g/mol. The van der Waals surface area contributed by atoms with Crippen LogP contribution < -0.4 is 16.2 Å². The Morgan fingerprint density at radius 3 is 2.29 bits per heavy atom. The highest BCUT2D eigenvalue weighted by atomic mass is 19.1. The fraction of sp³-hybridized carbons (Fsp3) is 0.276. The van der Waals surface area contributed by atoms with Gasteiger partial charge in [0.1, 0.15) is 11.4 Å². The van der Waals surface area contributed by atoms with E-state index in [9.17, 15) is 24.2 Å². The van der Waals surface area contributed by atoms with Gasteiger partial charge in [-0.05, 0) is 66.3 Å². The van der Waals surface area contributed by atoms with Crippen molar-refractivity contribution in [2.45, 2.75) is 38.5 Å². The molecule has 0 spiro atoms. The van der Waals surface area contributed by atoms with E-state index in [0.29, 0.717) is 17.5 Å². The minimum absolute atomic E-state index is 0.0986. The van der Waals surface area contributed by atoms with Crippen molar-refractivity contribution in [1.82, 2.24) is 9.55 Å². The number of fused-ring (bicyclic) bond motifs is 1. The zero-order valence-electron chi connectivity index (χ0n) is 20.8. The summed E-state index contributed by atoms with van der Waals surface area (Å²) in [7, 11) is 0. The summed E-state index contributed by atoms with van der Waals surface area (Å²) in [6.45, 7) is 2.21. The predicted molar refractivity (Wildman–Crippen MR) is 143 cm³/mol. The van der Waals surface area contributed by atoms with Gasteiger partial charge in [-0.1, -0.05) is 24.3 Å². The molecular formula is C29H29FN4O4. The maximum Gasteiger partial charge on any atom is 0.264 e. The Kier molecular flexibility index (Phi) is 7.22. The van der Waals surface area contributed by atoms with Crippen LogP contribution in [0.5, 0.6) is 0 Å². The van der Waals surface area contributed by atoms with Gasteiger partial charge in [0.05, 0.1) is 17.6 Å². The van der Waals surface area contributed by atoms with E-state index in [1.807, 2.05) is 24.3 Å². The molecule has 3 heterocycles. The topological polar surface area (TPSA) is 122 Å². The molecule has 4 N–H and O–H groups in total. The van der Waals surface area contributed by atoms with Crippen molar-refractivity contribution in [1.29, 1.82) is 0 Å². The van der Waals surface area contributed by atoms with Crippen molar-refractivity contribution in [3.63, 3.8) is 0 Å². The number of amides is 1. The molecule has 0 aliphatic carbocycles. The lowest BCUT2D eigenvalue weighted by atomic mass is 10.00. The van der Waals surface area contributed by atoms with Gasteiger partial charge in [-0.3, -0.25) is 14.6 Å². The number of halogens is 1. The van der Waals surface area contributed by atoms with Crippen LogP contribution >= 0.6 is 0 Å². The molecule has 0 radical (unpaired) electrons. The molecule has 1 saturated heterocycles. The molecule has 8 nitrogen and oxygen atoms in total. The smallest absolute Gasteiger partial charge is 0.264 e. The Morgan fingerprint density at radius 1 is 1.00 bits per heavy atom. The number of pyridine rings is 2. The van der Waals surface area contributed by atoms with Gasteiger partial charge in [-0.25, -0.2) is 4.39 Å². The fourth-order valence-corrected chi connectivity index (χ4v) is 5.12. The molecule has 4 aromatic rings. The highest BCUT2D eigenvalue weighted by Gasteiger charge is 2.23. The molecule has 5 rings (SSSR count). The van der Waals surface area contributed by atoms with E-state index >= 15 is 0 Å². The number of aliphatic hydroxyl groups excluding tert-OH is 1. The monoisotopic (exact) mass is 516 g/mol. The van der Waals surface area contributed by atoms with Gasteiger partial charge < -0.3 is 25.4 Å². The van der Waals surface area contributed by atoms with Gasteiger partial charge in [-0.15, -0.1) is 0 Å². The number of nitrogens with zero attached hydrogens (tertiary/aromatic N) is 3. The second-order valence-electron chi connectivity index (χ2n) is 9.67. The Hall–Kier alpha value is -4.08. The number of hydrogen-bond donors (Lipinski definition) is 3. The number of anilines is 1. The Morgan fingerprint density at radius 2 is 1.66 bits per heavy atom. The van der Waals surface area contributed by atoms with Crippen molar-refractivity contribution in [3.05, 3.63) is 105 Å². The molecule has 0 saturated carbocycles. The van der Waals surface area contributed by atoms with Crippen molar-refractivity contribution < 1.29 is 19.4 Å². The predicted octanol–water partition coefficient (Wildman–Crippen LogP) is 2.73. The molecule has 196 valence electrons. The zero-order valence-corrected chi connectivity index (χ0v) is 20.8. The number of aromatic nitrogens is 2. The number of carbonyl (C=O) groups excluding carboxylic acids is 1. The maximum absolute atomic E-state index is 13.6. The molecule has 1 amide bonds. The molecule has 2 aromatic heterocycles. The van der Waals surface area contributed by atoms with Crippen molar-refractivity contribution in [2.75, 3.05) is 18.0 Å². The number of nitrogens with two attached hydrogens (primary N) is 1. The van der Waals surface area contributed by atoms with Crippen LogP contribution in [0.3, 0.4) is 0 Å². The minimum atomic E-state index is -1.80. The zero-order chi connectivity index (χ0) is 26.8. The highest BCUT2D eigenvalue weighted by molar-refractivity contribution is 5.98. The molecule has 2 aromatic carbocycles. The first-order chi connectivity index (χ1) is 18.3. The van der Waals surface area contributed by atoms with E-state index in [1.54, 1.807) is 24.4 Å². The summed E-state index contributed by atoms with van der Waals surface area (Å²) in [4.78, 5) is 32.9. The SMILES string of the molecule is NC(=O)c1c(CC(O)O)c2ncc(Cc3ccc(F)cc3)cc2n(Cc2ccc(N3CCCC3)cc2)c1=O. The van der Waals surface area contributed by atoms with E-state index in [0.717, 1.165) is 35.5 Å². The Bertz CT molecular complexity index is 1530. The van der Waals surface area contributed by atoms with Crippen LogP contribution in [0.2, 0.25) is 0 Å². The van der Waals surface area contributed by atoms with E-state index in [4.69, 9.17) is 5.73 Å². The third-order valence-corrected chi connectivity index (χ3v) is 6.96. The average Bonchev–Trinajstić information content (AvgIpc) is 3.43. The lowest BCUT2D eigenvalue weighted by Gasteiger charge is -2.19. The van der Waals surface area contributed by atoms with Crippen LogP contribution in [0.4, 0.5) is 10.1 Å². The molecule has 0 atom stereocenters. The van der Waals surface area contributed by atoms with E-state index in [1.165, 1.54) is 29.5 Å². The number of rotatable bonds is 8. The van der Waals surface area contributed by atoms with Gasteiger partial charge in [0.2, 0.25) is 0 Å². The number of hydrogen-bond acceptors (Lipinski definition) is 6. The van der Waals surface area contributed by atoms with Gasteiger partial charge >= 0.3 is 0 Å². The van der Waals surface area contributed by atoms with Crippen LogP contribution in [-0.2, 0) is 19.4 Å². The van der Waals surface area contributed by atoms with Crippen LogP contribution in [0.15, 0.2) is 65.6 Å². The summed E-state index contributed by atoms with van der Waals surface area (Å²) in [5, 5.41) is 19.4. The molecule has 1 aliphatic rings. The molecule has 1 fully saturated rings. The first-order valence-electron chi connectivity index (χ1n) is 12.6. The number of primary amides is 1. The van der Waals surface area contributed by atoms with E-state index < -0.39 is 17.8 Å². The highest BCUT2D eigenvalue weighted by Crippen LogP contribution is 2.25. The molecule has 9 heteroatoms. The molecule has 1 aliphatic heterocycles. The molecule has 38 heavy (non-hydrogen) atoms. The standard InChI is InChI=1S/C29H29FN4O4/c30-21-7-3-18(4-8-21)13-20-14-24-27(32-16-20)23(15-25(35)36)26(28(31)37)29(38)34(24)17-19-5-9-22(10-6-19)33-11-1-2-12-33/h3-10,14,16,25,35-36H,1-2,11-13,15,17H2,(H2,31,37). The fourth-order valence-electron chi connectivity index (χ4n) is 5.12. The second-order valence-corrected chi connectivity index (χ2v) is 9.67. The van der Waals surface area contributed by atoms with Crippen molar-refractivity contribution in [2.24, 2.45) is 5.73 Å². The van der Waals surface area contributed by atoms with Crippen molar-refractivity contribution in [3.8, 4) is 0 Å². The molecule has 0 bridgehead atoms. The first kappa shape index (κ1) is 25.6. The quantitative estimate of drug-likeness (QED) is 0.310. The van der Waals surface area contributed by atoms with Crippen LogP contribution in [0.1, 0.15) is 45.5 Å². The third kappa shape index (κ3) is 5.29. The largest absolute Gasteiger partial charge is 0.372 e. The minimum Gasteiger partial charge on any atom is -0.372 e. The van der Waals surface area contributed by atoms with E-state index in [-0.39, 0.29) is 29.9 Å². The van der Waals surface area contributed by atoms with Crippen LogP contribution in [-0.4, -0.2) is 45.1 Å². The third-order valence-electron chi connectivity index (χ3n) is 6.96. The Balaban J connectivity index is 1.62. The van der Waals surface area contributed by atoms with Crippen LogP contribution in [0, 0.1) is 5.82 Å². The summed E-state index contributed by atoms with van der Waals surface area (Å²) < 4.78 is 14.8. The molecule has 0 unspecified atom stereocenters. The van der Waals surface area contributed by atoms with Gasteiger partial charge in [0.25, 0.3) is 11.5 Å². The van der Waals surface area contributed by atoms with E-state index in [2.05, 4.69) is 9.88 Å². The first-order valence-corrected chi connectivity index (χ1v) is 12.6. The lowest BCUT2D eigenvalue weighted by molar-refractivity contribution is -0.0380. The number of benzene rings is 2. The summed E-state index contributed by atoms with van der Waals surface area (Å²) in [5.74, 6) is -1.29. The number of aliphatic hydroxyl groups is 2. The number of carbonyl (C=O) groups is 1. The summed E-state index contributed by atoms with van der Waals surface area (Å²) in [6.07, 6.45) is 2.20. The maximum atomic E-state index is 13.6. The average molecular weight is 517 g/mol. The summed E-state index contributed by atoms with van der Waals surface area (Å²) in [5.41, 5.74) is 9.11. The van der Waals surface area contributed by atoms with Crippen molar-refractivity contribution >= 4 is 22.6 Å². The summed E-state index contributed by atoms with van der Waals surface area (Å²) in [6, 6.07) is 15.9. The van der Waals surface area contributed by atoms with Gasteiger partial charge in [-0.2, -0.15) is 0 Å². The summed E-state index contributed by atoms with van der Waals surface area (Å²) >= 11 is 0. The lowest BCUT2D eigenvalue weighted by Crippen LogP contribution is -2.33. The second kappa shape index (κ2) is 10.7. The normalized spacial score (nSPS) is 13.5. The van der Waals surface area contributed by atoms with Crippen LogP contribution in [0.25, 0.3) is 11.0 Å². The Labute approximate surface area is 218 Å².